The van der Waals surface area contributed by atoms with Gasteiger partial charge >= 0.3 is 0 Å². The fourth-order valence-corrected chi connectivity index (χ4v) is 2.91. The number of amides is 1. The van der Waals surface area contributed by atoms with Crippen LogP contribution in [0.4, 0.5) is 5.69 Å². The molecule has 5 nitrogen and oxygen atoms in total. The average molecular weight is 361 g/mol. The minimum Gasteiger partial charge on any atom is -0.495 e. The van der Waals surface area contributed by atoms with Crippen molar-refractivity contribution in [2.24, 2.45) is 5.10 Å². The Kier molecular flexibility index (Phi) is 6.05. The number of carbonyl (C=O) groups is 1. The summed E-state index contributed by atoms with van der Waals surface area (Å²) in [4.78, 5) is 12.5. The first-order chi connectivity index (χ1) is 13.2. The normalized spacial score (nSPS) is 12.1. The van der Waals surface area contributed by atoms with E-state index in [2.05, 4.69) is 28.0 Å². The van der Waals surface area contributed by atoms with Crippen molar-refractivity contribution in [2.75, 3.05) is 12.4 Å². The molecule has 1 atom stereocenters. The molecule has 0 aliphatic rings. The van der Waals surface area contributed by atoms with Gasteiger partial charge in [0.05, 0.1) is 19.0 Å². The van der Waals surface area contributed by atoms with Gasteiger partial charge in [0.15, 0.2) is 0 Å². The summed E-state index contributed by atoms with van der Waals surface area (Å²) >= 11 is 0. The van der Waals surface area contributed by atoms with Gasteiger partial charge in [-0.3, -0.25) is 4.79 Å². The zero-order valence-corrected chi connectivity index (χ0v) is 15.5. The average Bonchev–Trinajstić information content (AvgIpc) is 2.72. The quantitative estimate of drug-likeness (QED) is 0.490. The van der Waals surface area contributed by atoms with Gasteiger partial charge in [0, 0.05) is 5.56 Å². The Hall–Kier alpha value is -3.34. The van der Waals surface area contributed by atoms with Crippen molar-refractivity contribution in [1.29, 1.82) is 0 Å². The lowest BCUT2D eigenvalue weighted by atomic mass is 10.1. The van der Waals surface area contributed by atoms with Gasteiger partial charge in [0.1, 0.15) is 11.8 Å². The zero-order chi connectivity index (χ0) is 19.1. The number of benzene rings is 3. The first-order valence-electron chi connectivity index (χ1n) is 8.93. The second-order valence-electron chi connectivity index (χ2n) is 6.11. The molecular formula is C22H23N3O2. The first-order valence-corrected chi connectivity index (χ1v) is 8.93. The van der Waals surface area contributed by atoms with Gasteiger partial charge < -0.3 is 10.1 Å². The Balaban J connectivity index is 1.69. The summed E-state index contributed by atoms with van der Waals surface area (Å²) in [5.41, 5.74) is 4.37. The van der Waals surface area contributed by atoms with Gasteiger partial charge in [0.2, 0.25) is 0 Å². The van der Waals surface area contributed by atoms with Crippen LogP contribution in [0.3, 0.4) is 0 Å². The number of hydrogen-bond donors (Lipinski definition) is 2. The van der Waals surface area contributed by atoms with Crippen LogP contribution in [-0.2, 0) is 4.79 Å². The third-order valence-corrected chi connectivity index (χ3v) is 4.36. The summed E-state index contributed by atoms with van der Waals surface area (Å²) in [5.74, 6) is 0.503. The number of rotatable bonds is 7. The summed E-state index contributed by atoms with van der Waals surface area (Å²) in [6, 6.07) is 21.2. The monoisotopic (exact) mass is 361 g/mol. The molecule has 27 heavy (non-hydrogen) atoms. The highest BCUT2D eigenvalue weighted by Crippen LogP contribution is 2.24. The maximum Gasteiger partial charge on any atom is 0.262 e. The van der Waals surface area contributed by atoms with E-state index in [1.54, 1.807) is 13.3 Å². The fourth-order valence-electron chi connectivity index (χ4n) is 2.91. The second kappa shape index (κ2) is 8.85. The van der Waals surface area contributed by atoms with Gasteiger partial charge in [0.25, 0.3) is 5.91 Å². The molecule has 0 aliphatic heterocycles. The van der Waals surface area contributed by atoms with E-state index in [0.717, 1.165) is 22.0 Å². The Morgan fingerprint density at radius 3 is 2.63 bits per heavy atom. The number of nitrogens with zero attached hydrogens (tertiary/aromatic N) is 1. The third-order valence-electron chi connectivity index (χ3n) is 4.36. The molecule has 3 rings (SSSR count). The molecular weight excluding hydrogens is 338 g/mol. The maximum atomic E-state index is 12.5. The number of hydrogen-bond acceptors (Lipinski definition) is 4. The Morgan fingerprint density at radius 1 is 1.07 bits per heavy atom. The van der Waals surface area contributed by atoms with Crippen LogP contribution in [0.5, 0.6) is 5.75 Å². The number of anilines is 1. The van der Waals surface area contributed by atoms with Gasteiger partial charge in [-0.1, -0.05) is 61.5 Å². The van der Waals surface area contributed by atoms with E-state index in [9.17, 15) is 4.79 Å². The van der Waals surface area contributed by atoms with Crippen LogP contribution in [0, 0.1) is 0 Å². The van der Waals surface area contributed by atoms with E-state index in [1.165, 1.54) is 0 Å². The second-order valence-corrected chi connectivity index (χ2v) is 6.11. The number of methoxy groups -OCH3 is 1. The van der Waals surface area contributed by atoms with Crippen molar-refractivity contribution >= 4 is 28.6 Å². The fraction of sp³-hybridized carbons (Fsp3) is 0.182. The Morgan fingerprint density at radius 2 is 1.81 bits per heavy atom. The lowest BCUT2D eigenvalue weighted by molar-refractivity contribution is -0.121. The standard InChI is InChI=1S/C22H23N3O2/c1-3-19(24-20-13-6-7-14-21(20)27-2)22(26)25-23-15-17-11-8-10-16-9-4-5-12-18(16)17/h4-15,19,24H,3H2,1-2H3,(H,25,26)/t19-/m1/s1. The Bertz CT molecular complexity index is 948. The van der Waals surface area contributed by atoms with E-state index < -0.39 is 6.04 Å². The lowest BCUT2D eigenvalue weighted by Gasteiger charge is -2.18. The predicted octanol–water partition coefficient (Wildman–Crippen LogP) is 4.19. The molecule has 138 valence electrons. The molecule has 0 aliphatic carbocycles. The summed E-state index contributed by atoms with van der Waals surface area (Å²) < 4.78 is 5.33. The largest absolute Gasteiger partial charge is 0.495 e. The summed E-state index contributed by atoms with van der Waals surface area (Å²) in [6.45, 7) is 1.95. The highest BCUT2D eigenvalue weighted by atomic mass is 16.5. The van der Waals surface area contributed by atoms with Crippen LogP contribution in [0.1, 0.15) is 18.9 Å². The number of carbonyl (C=O) groups excluding carboxylic acids is 1. The molecule has 0 saturated carbocycles. The topological polar surface area (TPSA) is 62.7 Å². The number of para-hydroxylation sites is 2. The van der Waals surface area contributed by atoms with Gasteiger partial charge in [-0.15, -0.1) is 0 Å². The van der Waals surface area contributed by atoms with Crippen LogP contribution in [-0.4, -0.2) is 25.3 Å². The van der Waals surface area contributed by atoms with Crippen molar-refractivity contribution < 1.29 is 9.53 Å². The molecule has 0 unspecified atom stereocenters. The third kappa shape index (κ3) is 4.44. The van der Waals surface area contributed by atoms with Gasteiger partial charge in [-0.25, -0.2) is 5.43 Å². The van der Waals surface area contributed by atoms with E-state index >= 15 is 0 Å². The minimum atomic E-state index is -0.411. The minimum absolute atomic E-state index is 0.195. The van der Waals surface area contributed by atoms with Crippen molar-refractivity contribution in [3.63, 3.8) is 0 Å². The molecule has 2 N–H and O–H groups in total. The molecule has 0 bridgehead atoms. The molecule has 5 heteroatoms. The van der Waals surface area contributed by atoms with Crippen molar-refractivity contribution in [3.05, 3.63) is 72.3 Å². The lowest BCUT2D eigenvalue weighted by Crippen LogP contribution is -2.37. The highest BCUT2D eigenvalue weighted by molar-refractivity contribution is 6.00. The number of nitrogens with one attached hydrogen (secondary N) is 2. The molecule has 1 amide bonds. The number of ether oxygens (including phenoxy) is 1. The highest BCUT2D eigenvalue weighted by Gasteiger charge is 2.17. The molecule has 0 aromatic heterocycles. The summed E-state index contributed by atoms with van der Waals surface area (Å²) in [5, 5.41) is 9.60. The van der Waals surface area contributed by atoms with Crippen LogP contribution in [0.25, 0.3) is 10.8 Å². The first kappa shape index (κ1) is 18.5. The SMILES string of the molecule is CC[C@@H](Nc1ccccc1OC)C(=O)NN=Cc1cccc2ccccc12. The maximum absolute atomic E-state index is 12.5. The molecule has 0 fully saturated rings. The van der Waals surface area contributed by atoms with E-state index in [0.29, 0.717) is 12.2 Å². The Labute approximate surface area is 159 Å². The summed E-state index contributed by atoms with van der Waals surface area (Å²) in [6.07, 6.45) is 2.30. The number of hydrazone groups is 1. The smallest absolute Gasteiger partial charge is 0.262 e. The molecule has 0 radical (unpaired) electrons. The van der Waals surface area contributed by atoms with E-state index in [1.807, 2.05) is 61.5 Å². The molecule has 0 saturated heterocycles. The molecule has 3 aromatic carbocycles. The zero-order valence-electron chi connectivity index (χ0n) is 15.5. The van der Waals surface area contributed by atoms with Crippen molar-refractivity contribution in [3.8, 4) is 5.75 Å². The van der Waals surface area contributed by atoms with Crippen molar-refractivity contribution in [2.45, 2.75) is 19.4 Å². The van der Waals surface area contributed by atoms with Gasteiger partial charge in [-0.2, -0.15) is 5.10 Å². The van der Waals surface area contributed by atoms with E-state index in [-0.39, 0.29) is 5.91 Å². The van der Waals surface area contributed by atoms with Crippen LogP contribution in [0.15, 0.2) is 71.8 Å². The summed E-state index contributed by atoms with van der Waals surface area (Å²) in [7, 11) is 1.61. The number of fused-ring (bicyclic) bond motifs is 1. The van der Waals surface area contributed by atoms with Gasteiger partial charge in [-0.05, 0) is 29.3 Å². The van der Waals surface area contributed by atoms with Crippen LogP contribution in [0.2, 0.25) is 0 Å². The predicted molar refractivity (Wildman–Crippen MR) is 110 cm³/mol. The van der Waals surface area contributed by atoms with E-state index in [4.69, 9.17) is 4.74 Å². The van der Waals surface area contributed by atoms with Crippen LogP contribution < -0.4 is 15.5 Å². The van der Waals surface area contributed by atoms with Crippen molar-refractivity contribution in [1.82, 2.24) is 5.43 Å². The molecule has 3 aromatic rings. The molecule has 0 spiro atoms. The van der Waals surface area contributed by atoms with Crippen LogP contribution >= 0.6 is 0 Å². The molecule has 0 heterocycles.